The van der Waals surface area contributed by atoms with E-state index >= 15 is 0 Å². The number of hydrogen-bond donors (Lipinski definition) is 0. The van der Waals surface area contributed by atoms with Crippen molar-refractivity contribution in [1.29, 1.82) is 0 Å². The van der Waals surface area contributed by atoms with Crippen molar-refractivity contribution in [2.75, 3.05) is 33.4 Å². The van der Waals surface area contributed by atoms with Gasteiger partial charge < -0.3 is 14.2 Å². The molecule has 0 N–H and O–H groups in total. The fourth-order valence-electron chi connectivity index (χ4n) is 3.22. The third-order valence-corrected chi connectivity index (χ3v) is 4.70. The quantitative estimate of drug-likeness (QED) is 0.830. The minimum absolute atomic E-state index is 0.00259. The highest BCUT2D eigenvalue weighted by atomic mass is 79.9. The van der Waals surface area contributed by atoms with Crippen LogP contribution in [0.1, 0.15) is 18.4 Å². The van der Waals surface area contributed by atoms with Gasteiger partial charge in [0.1, 0.15) is 5.75 Å². The molecule has 1 aromatic carbocycles. The van der Waals surface area contributed by atoms with Crippen LogP contribution in [-0.2, 0) is 16.0 Å². The van der Waals surface area contributed by atoms with Crippen LogP contribution in [0.15, 0.2) is 22.7 Å². The lowest BCUT2D eigenvalue weighted by atomic mass is 9.97. The molecule has 0 radical (unpaired) electrons. The second-order valence-electron chi connectivity index (χ2n) is 5.70. The SMILES string of the molecule is COc1ccc(Br)cc1CN1CCCC(C2OCCO2)C1. The zero-order chi connectivity index (χ0) is 14.7. The van der Waals surface area contributed by atoms with E-state index in [1.165, 1.54) is 18.4 Å². The van der Waals surface area contributed by atoms with Gasteiger partial charge in [0.25, 0.3) is 0 Å². The molecule has 1 unspecified atom stereocenters. The highest BCUT2D eigenvalue weighted by Gasteiger charge is 2.31. The van der Waals surface area contributed by atoms with Gasteiger partial charge in [-0.25, -0.2) is 0 Å². The predicted octanol–water partition coefficient (Wildman–Crippen LogP) is 3.04. The zero-order valence-electron chi connectivity index (χ0n) is 12.4. The molecule has 4 nitrogen and oxygen atoms in total. The molecule has 1 aromatic rings. The Morgan fingerprint density at radius 1 is 1.33 bits per heavy atom. The number of benzene rings is 1. The molecule has 0 spiro atoms. The van der Waals surface area contributed by atoms with Crippen molar-refractivity contribution in [3.05, 3.63) is 28.2 Å². The number of hydrogen-bond acceptors (Lipinski definition) is 4. The number of piperidine rings is 1. The topological polar surface area (TPSA) is 30.9 Å². The predicted molar refractivity (Wildman–Crippen MR) is 84.4 cm³/mol. The lowest BCUT2D eigenvalue weighted by Crippen LogP contribution is -2.40. The van der Waals surface area contributed by atoms with E-state index in [1.54, 1.807) is 7.11 Å². The zero-order valence-corrected chi connectivity index (χ0v) is 14.0. The van der Waals surface area contributed by atoms with Crippen molar-refractivity contribution < 1.29 is 14.2 Å². The van der Waals surface area contributed by atoms with Crippen LogP contribution >= 0.6 is 15.9 Å². The molecule has 0 saturated carbocycles. The summed E-state index contributed by atoms with van der Waals surface area (Å²) < 4.78 is 17.9. The summed E-state index contributed by atoms with van der Waals surface area (Å²) in [6, 6.07) is 6.18. The van der Waals surface area contributed by atoms with Crippen molar-refractivity contribution in [3.63, 3.8) is 0 Å². The standard InChI is InChI=1S/C16H22BrNO3/c1-19-15-5-4-14(17)9-13(15)11-18-6-2-3-12(10-18)16-20-7-8-21-16/h4-5,9,12,16H,2-3,6-8,10-11H2,1H3. The van der Waals surface area contributed by atoms with Gasteiger partial charge in [0.05, 0.1) is 20.3 Å². The maximum atomic E-state index is 5.67. The Labute approximate surface area is 134 Å². The molecule has 116 valence electrons. The average Bonchev–Trinajstić information content (AvgIpc) is 3.02. The molecule has 0 amide bonds. The molecule has 0 aromatic heterocycles. The summed E-state index contributed by atoms with van der Waals surface area (Å²) in [6.45, 7) is 4.53. The molecule has 0 aliphatic carbocycles. The highest BCUT2D eigenvalue weighted by Crippen LogP contribution is 2.29. The molecule has 2 fully saturated rings. The molecule has 2 aliphatic heterocycles. The van der Waals surface area contributed by atoms with Crippen LogP contribution in [0.5, 0.6) is 5.75 Å². The van der Waals surface area contributed by atoms with E-state index in [9.17, 15) is 0 Å². The van der Waals surface area contributed by atoms with E-state index in [2.05, 4.69) is 26.9 Å². The van der Waals surface area contributed by atoms with E-state index in [0.29, 0.717) is 5.92 Å². The van der Waals surface area contributed by atoms with Crippen molar-refractivity contribution in [3.8, 4) is 5.75 Å². The number of likely N-dealkylation sites (tertiary alicyclic amines) is 1. The molecule has 2 heterocycles. The van der Waals surface area contributed by atoms with Gasteiger partial charge in [0, 0.05) is 29.0 Å². The van der Waals surface area contributed by atoms with Crippen molar-refractivity contribution >= 4 is 15.9 Å². The van der Waals surface area contributed by atoms with Crippen LogP contribution < -0.4 is 4.74 Å². The molecule has 5 heteroatoms. The second-order valence-corrected chi connectivity index (χ2v) is 6.62. The third-order valence-electron chi connectivity index (χ3n) is 4.21. The van der Waals surface area contributed by atoms with Crippen LogP contribution in [-0.4, -0.2) is 44.6 Å². The number of rotatable bonds is 4. The van der Waals surface area contributed by atoms with Crippen molar-refractivity contribution in [2.45, 2.75) is 25.7 Å². The molecule has 0 bridgehead atoms. The van der Waals surface area contributed by atoms with E-state index in [4.69, 9.17) is 14.2 Å². The Kier molecular flexibility index (Phi) is 5.16. The van der Waals surface area contributed by atoms with Gasteiger partial charge in [-0.15, -0.1) is 0 Å². The Hall–Kier alpha value is -0.620. The summed E-state index contributed by atoms with van der Waals surface area (Å²) in [7, 11) is 1.73. The van der Waals surface area contributed by atoms with Crippen LogP contribution in [0, 0.1) is 5.92 Å². The van der Waals surface area contributed by atoms with Crippen LogP contribution in [0.25, 0.3) is 0 Å². The summed E-state index contributed by atoms with van der Waals surface area (Å²) >= 11 is 3.54. The Morgan fingerprint density at radius 2 is 2.14 bits per heavy atom. The smallest absolute Gasteiger partial charge is 0.161 e. The lowest BCUT2D eigenvalue weighted by molar-refractivity contribution is -0.101. The molecular formula is C16H22BrNO3. The third kappa shape index (κ3) is 3.77. The molecule has 2 saturated heterocycles. The first kappa shape index (κ1) is 15.3. The number of halogens is 1. The minimum atomic E-state index is -0.00259. The number of ether oxygens (including phenoxy) is 3. The van der Waals surface area contributed by atoms with Crippen LogP contribution in [0.3, 0.4) is 0 Å². The van der Waals surface area contributed by atoms with E-state index in [-0.39, 0.29) is 6.29 Å². The summed E-state index contributed by atoms with van der Waals surface area (Å²) in [5.74, 6) is 1.44. The summed E-state index contributed by atoms with van der Waals surface area (Å²) in [4.78, 5) is 2.48. The Bertz CT molecular complexity index is 477. The van der Waals surface area contributed by atoms with Crippen LogP contribution in [0.2, 0.25) is 0 Å². The first-order chi connectivity index (χ1) is 10.3. The largest absolute Gasteiger partial charge is 0.496 e. The van der Waals surface area contributed by atoms with Gasteiger partial charge in [-0.3, -0.25) is 4.90 Å². The van der Waals surface area contributed by atoms with Gasteiger partial charge in [-0.1, -0.05) is 15.9 Å². The molecule has 3 rings (SSSR count). The fourth-order valence-corrected chi connectivity index (χ4v) is 3.63. The summed E-state index contributed by atoms with van der Waals surface area (Å²) in [5.41, 5.74) is 1.22. The Balaban J connectivity index is 1.65. The monoisotopic (exact) mass is 355 g/mol. The van der Waals surface area contributed by atoms with Gasteiger partial charge >= 0.3 is 0 Å². The van der Waals surface area contributed by atoms with Gasteiger partial charge in [-0.05, 0) is 37.6 Å². The highest BCUT2D eigenvalue weighted by molar-refractivity contribution is 9.10. The average molecular weight is 356 g/mol. The van der Waals surface area contributed by atoms with Crippen molar-refractivity contribution in [2.24, 2.45) is 5.92 Å². The first-order valence-electron chi connectivity index (χ1n) is 7.54. The van der Waals surface area contributed by atoms with Gasteiger partial charge in [0.2, 0.25) is 0 Å². The molecule has 2 aliphatic rings. The van der Waals surface area contributed by atoms with E-state index < -0.39 is 0 Å². The summed E-state index contributed by atoms with van der Waals surface area (Å²) in [6.07, 6.45) is 2.39. The van der Waals surface area contributed by atoms with E-state index in [1.807, 2.05) is 12.1 Å². The minimum Gasteiger partial charge on any atom is -0.496 e. The maximum Gasteiger partial charge on any atom is 0.161 e. The molecule has 1 atom stereocenters. The van der Waals surface area contributed by atoms with Gasteiger partial charge in [0.15, 0.2) is 6.29 Å². The van der Waals surface area contributed by atoms with Crippen molar-refractivity contribution in [1.82, 2.24) is 4.90 Å². The van der Waals surface area contributed by atoms with Crippen LogP contribution in [0.4, 0.5) is 0 Å². The normalized spacial score (nSPS) is 24.4. The number of methoxy groups -OCH3 is 1. The Morgan fingerprint density at radius 3 is 2.90 bits per heavy atom. The van der Waals surface area contributed by atoms with E-state index in [0.717, 1.165) is 43.1 Å². The molecular weight excluding hydrogens is 334 g/mol. The lowest BCUT2D eigenvalue weighted by Gasteiger charge is -2.35. The first-order valence-corrected chi connectivity index (χ1v) is 8.33. The fraction of sp³-hybridized carbons (Fsp3) is 0.625. The maximum absolute atomic E-state index is 5.67. The molecule has 21 heavy (non-hydrogen) atoms. The van der Waals surface area contributed by atoms with Gasteiger partial charge in [-0.2, -0.15) is 0 Å². The summed E-state index contributed by atoms with van der Waals surface area (Å²) in [5, 5.41) is 0. The number of nitrogens with zero attached hydrogens (tertiary/aromatic N) is 1. The second kappa shape index (κ2) is 7.09.